The van der Waals surface area contributed by atoms with E-state index in [1.807, 2.05) is 36.4 Å². The van der Waals surface area contributed by atoms with Crippen LogP contribution in [0.5, 0.6) is 11.5 Å². The van der Waals surface area contributed by atoms with Gasteiger partial charge in [0.15, 0.2) is 11.5 Å². The summed E-state index contributed by atoms with van der Waals surface area (Å²) in [5.74, 6) is 0.915. The Hall–Kier alpha value is -3.31. The van der Waals surface area contributed by atoms with E-state index in [0.29, 0.717) is 22.1 Å². The minimum absolute atomic E-state index is 0.115. The highest BCUT2D eigenvalue weighted by Crippen LogP contribution is 2.58. The molecule has 1 atom stereocenters. The Balaban J connectivity index is 1.35. The Kier molecular flexibility index (Phi) is 4.68. The van der Waals surface area contributed by atoms with Crippen LogP contribution in [0.25, 0.3) is 0 Å². The Morgan fingerprint density at radius 3 is 2.23 bits per heavy atom. The highest BCUT2D eigenvalue weighted by Gasteiger charge is 2.60. The molecule has 1 fully saturated rings. The number of amides is 1. The molecule has 1 saturated carbocycles. The minimum atomic E-state index is -0.321. The first-order valence-electron chi connectivity index (χ1n) is 9.71. The minimum Gasteiger partial charge on any atom is -0.454 e. The normalized spacial score (nSPS) is 18.4. The molecule has 1 aliphatic heterocycles. The van der Waals surface area contributed by atoms with E-state index in [1.54, 1.807) is 12.1 Å². The third-order valence-corrected chi connectivity index (χ3v) is 6.05. The molecular formula is C24H19ClN2O3. The van der Waals surface area contributed by atoms with Crippen LogP contribution in [0.2, 0.25) is 5.02 Å². The number of hydrazone groups is 1. The molecule has 0 radical (unpaired) electrons. The highest BCUT2D eigenvalue weighted by molar-refractivity contribution is 6.33. The van der Waals surface area contributed by atoms with Crippen molar-refractivity contribution >= 4 is 23.7 Å². The van der Waals surface area contributed by atoms with Crippen LogP contribution < -0.4 is 14.9 Å². The summed E-state index contributed by atoms with van der Waals surface area (Å²) >= 11 is 6.26. The first-order valence-corrected chi connectivity index (χ1v) is 10.1. The number of nitrogens with zero attached hydrogens (tertiary/aromatic N) is 1. The van der Waals surface area contributed by atoms with Crippen molar-refractivity contribution in [2.45, 2.75) is 11.8 Å². The lowest BCUT2D eigenvalue weighted by molar-refractivity contribution is -0.122. The van der Waals surface area contributed by atoms with Gasteiger partial charge in [0.2, 0.25) is 12.7 Å². The van der Waals surface area contributed by atoms with Gasteiger partial charge in [-0.05, 0) is 23.6 Å². The fourth-order valence-electron chi connectivity index (χ4n) is 4.13. The molecule has 2 aliphatic rings. The second kappa shape index (κ2) is 7.50. The lowest BCUT2D eigenvalue weighted by Crippen LogP contribution is -2.25. The van der Waals surface area contributed by atoms with Crippen LogP contribution in [0.3, 0.4) is 0 Å². The fraction of sp³-hybridized carbons (Fsp3) is 0.167. The van der Waals surface area contributed by atoms with E-state index in [1.165, 1.54) is 6.21 Å². The molecule has 0 spiro atoms. The molecule has 150 valence electrons. The number of halogens is 1. The molecule has 30 heavy (non-hydrogen) atoms. The van der Waals surface area contributed by atoms with Gasteiger partial charge >= 0.3 is 0 Å². The molecule has 0 saturated heterocycles. The van der Waals surface area contributed by atoms with Gasteiger partial charge in [-0.2, -0.15) is 5.10 Å². The SMILES string of the molecule is O=C(N/N=C/c1cc2c(cc1Cl)OCO2)C1CC1(c1ccccc1)c1ccccc1. The monoisotopic (exact) mass is 418 g/mol. The van der Waals surface area contributed by atoms with Crippen LogP contribution in [0.15, 0.2) is 77.9 Å². The fourth-order valence-corrected chi connectivity index (χ4v) is 4.33. The standard InChI is InChI=1S/C24H19ClN2O3/c25-20-12-22-21(29-15-30-22)11-16(20)14-26-27-23(28)19-13-24(19,17-7-3-1-4-8-17)18-9-5-2-6-10-18/h1-12,14,19H,13,15H2,(H,27,28)/b26-14+. The molecule has 0 bridgehead atoms. The lowest BCUT2D eigenvalue weighted by atomic mass is 9.85. The molecule has 1 heterocycles. The second-order valence-corrected chi connectivity index (χ2v) is 7.83. The van der Waals surface area contributed by atoms with E-state index in [-0.39, 0.29) is 24.0 Å². The third-order valence-electron chi connectivity index (χ3n) is 5.73. The maximum atomic E-state index is 12.9. The summed E-state index contributed by atoms with van der Waals surface area (Å²) in [6.45, 7) is 0.172. The number of rotatable bonds is 5. The van der Waals surface area contributed by atoms with Crippen LogP contribution in [0.4, 0.5) is 0 Å². The summed E-state index contributed by atoms with van der Waals surface area (Å²) in [5.41, 5.74) is 5.28. The van der Waals surface area contributed by atoms with Crippen molar-refractivity contribution in [3.8, 4) is 11.5 Å². The van der Waals surface area contributed by atoms with Gasteiger partial charge in [-0.15, -0.1) is 0 Å². The number of carbonyl (C=O) groups is 1. The van der Waals surface area contributed by atoms with Gasteiger partial charge in [0.05, 0.1) is 17.2 Å². The van der Waals surface area contributed by atoms with Crippen molar-refractivity contribution in [1.82, 2.24) is 5.43 Å². The summed E-state index contributed by atoms with van der Waals surface area (Å²) in [6, 6.07) is 23.7. The quantitative estimate of drug-likeness (QED) is 0.489. The number of hydrogen-bond acceptors (Lipinski definition) is 4. The molecule has 3 aromatic carbocycles. The van der Waals surface area contributed by atoms with E-state index in [2.05, 4.69) is 34.8 Å². The van der Waals surface area contributed by atoms with E-state index >= 15 is 0 Å². The topological polar surface area (TPSA) is 59.9 Å². The smallest absolute Gasteiger partial charge is 0.244 e. The Morgan fingerprint density at radius 2 is 1.60 bits per heavy atom. The van der Waals surface area contributed by atoms with Crippen LogP contribution in [-0.2, 0) is 10.2 Å². The third kappa shape index (κ3) is 3.21. The van der Waals surface area contributed by atoms with E-state index < -0.39 is 0 Å². The van der Waals surface area contributed by atoms with Crippen molar-refractivity contribution in [3.63, 3.8) is 0 Å². The molecule has 6 heteroatoms. The van der Waals surface area contributed by atoms with Crippen LogP contribution in [0.1, 0.15) is 23.1 Å². The van der Waals surface area contributed by atoms with E-state index in [4.69, 9.17) is 21.1 Å². The summed E-state index contributed by atoms with van der Waals surface area (Å²) in [4.78, 5) is 12.9. The number of benzene rings is 3. The van der Waals surface area contributed by atoms with Crippen molar-refractivity contribution < 1.29 is 14.3 Å². The zero-order valence-electron chi connectivity index (χ0n) is 16.0. The molecule has 1 unspecified atom stereocenters. The molecule has 3 aromatic rings. The van der Waals surface area contributed by atoms with Gasteiger partial charge in [0.25, 0.3) is 0 Å². The van der Waals surface area contributed by atoms with Crippen LogP contribution in [-0.4, -0.2) is 18.9 Å². The molecule has 0 aromatic heterocycles. The number of carbonyl (C=O) groups excluding carboxylic acids is 1. The maximum Gasteiger partial charge on any atom is 0.244 e. The predicted octanol–water partition coefficient (Wildman–Crippen LogP) is 4.53. The van der Waals surface area contributed by atoms with Gasteiger partial charge in [-0.25, -0.2) is 5.43 Å². The van der Waals surface area contributed by atoms with Crippen molar-refractivity contribution in [2.24, 2.45) is 11.0 Å². The van der Waals surface area contributed by atoms with Gasteiger partial charge in [-0.3, -0.25) is 4.79 Å². The van der Waals surface area contributed by atoms with Gasteiger partial charge in [0.1, 0.15) is 0 Å². The Labute approximate surface area is 179 Å². The van der Waals surface area contributed by atoms with Gasteiger partial charge in [-0.1, -0.05) is 72.3 Å². The Morgan fingerprint density at radius 1 is 1.00 bits per heavy atom. The van der Waals surface area contributed by atoms with E-state index in [9.17, 15) is 4.79 Å². The first-order chi connectivity index (χ1) is 14.7. The van der Waals surface area contributed by atoms with Gasteiger partial charge < -0.3 is 9.47 Å². The lowest BCUT2D eigenvalue weighted by Gasteiger charge is -2.18. The zero-order chi connectivity index (χ0) is 20.6. The average molecular weight is 419 g/mol. The average Bonchev–Trinajstić information content (AvgIpc) is 3.40. The molecule has 5 nitrogen and oxygen atoms in total. The molecular weight excluding hydrogens is 400 g/mol. The maximum absolute atomic E-state index is 12.9. The van der Waals surface area contributed by atoms with Crippen LogP contribution in [0, 0.1) is 5.92 Å². The molecule has 5 rings (SSSR count). The second-order valence-electron chi connectivity index (χ2n) is 7.42. The van der Waals surface area contributed by atoms with Crippen molar-refractivity contribution in [2.75, 3.05) is 6.79 Å². The number of ether oxygens (including phenoxy) is 2. The summed E-state index contributed by atoms with van der Waals surface area (Å²) < 4.78 is 10.7. The number of nitrogens with one attached hydrogen (secondary N) is 1. The van der Waals surface area contributed by atoms with E-state index in [0.717, 1.165) is 17.5 Å². The predicted molar refractivity (Wildman–Crippen MR) is 115 cm³/mol. The first kappa shape index (κ1) is 18.7. The molecule has 1 N–H and O–H groups in total. The highest BCUT2D eigenvalue weighted by atomic mass is 35.5. The van der Waals surface area contributed by atoms with Crippen LogP contribution >= 0.6 is 11.6 Å². The van der Waals surface area contributed by atoms with Crippen molar-refractivity contribution in [1.29, 1.82) is 0 Å². The summed E-state index contributed by atoms with van der Waals surface area (Å²) in [5, 5.41) is 4.61. The zero-order valence-corrected chi connectivity index (χ0v) is 16.8. The summed E-state index contributed by atoms with van der Waals surface area (Å²) in [7, 11) is 0. The Bertz CT molecular complexity index is 1080. The largest absolute Gasteiger partial charge is 0.454 e. The number of fused-ring (bicyclic) bond motifs is 1. The van der Waals surface area contributed by atoms with Gasteiger partial charge in [0, 0.05) is 17.0 Å². The summed E-state index contributed by atoms with van der Waals surface area (Å²) in [6.07, 6.45) is 2.27. The molecule has 1 amide bonds. The number of hydrogen-bond donors (Lipinski definition) is 1. The van der Waals surface area contributed by atoms with Crippen molar-refractivity contribution in [3.05, 3.63) is 94.5 Å². The molecule has 1 aliphatic carbocycles.